The van der Waals surface area contributed by atoms with Crippen LogP contribution in [-0.4, -0.2) is 41.1 Å². The molecule has 1 heterocycles. The molecular weight excluding hydrogens is 384 g/mol. The first-order chi connectivity index (χ1) is 14.0. The zero-order chi connectivity index (χ0) is 20.4. The fourth-order valence-electron chi connectivity index (χ4n) is 4.67. The molecule has 2 fully saturated rings. The molecule has 2 N–H and O–H groups in total. The molecule has 1 unspecified atom stereocenters. The fourth-order valence-corrected chi connectivity index (χ4v) is 4.87. The second-order valence-corrected chi connectivity index (χ2v) is 8.90. The molecule has 1 amide bonds. The molecule has 5 heteroatoms. The van der Waals surface area contributed by atoms with Crippen LogP contribution in [0.2, 0.25) is 5.02 Å². The SMILES string of the molecule is C[C@@H](NC1CC[C@H](c2ccc(C(=O)N3CC[C@H](O)C3)cc2)C1)c1cccc(Cl)c1. The van der Waals surface area contributed by atoms with Crippen molar-refractivity contribution in [3.63, 3.8) is 0 Å². The van der Waals surface area contributed by atoms with Crippen LogP contribution in [0.15, 0.2) is 48.5 Å². The Morgan fingerprint density at radius 3 is 2.66 bits per heavy atom. The van der Waals surface area contributed by atoms with E-state index in [1.54, 1.807) is 4.90 Å². The van der Waals surface area contributed by atoms with Gasteiger partial charge < -0.3 is 15.3 Å². The zero-order valence-electron chi connectivity index (χ0n) is 16.9. The molecule has 29 heavy (non-hydrogen) atoms. The van der Waals surface area contributed by atoms with Gasteiger partial charge in [-0.25, -0.2) is 0 Å². The highest BCUT2D eigenvalue weighted by atomic mass is 35.5. The highest BCUT2D eigenvalue weighted by molar-refractivity contribution is 6.30. The van der Waals surface area contributed by atoms with E-state index >= 15 is 0 Å². The number of likely N-dealkylation sites (tertiary alicyclic amines) is 1. The fraction of sp³-hybridized carbons (Fsp3) is 0.458. The maximum absolute atomic E-state index is 12.6. The summed E-state index contributed by atoms with van der Waals surface area (Å²) in [5.41, 5.74) is 3.24. The number of carbonyl (C=O) groups is 1. The first-order valence-electron chi connectivity index (χ1n) is 10.6. The van der Waals surface area contributed by atoms with Gasteiger partial charge in [0.1, 0.15) is 0 Å². The Balaban J connectivity index is 1.33. The number of benzene rings is 2. The first kappa shape index (κ1) is 20.4. The predicted molar refractivity (Wildman–Crippen MR) is 116 cm³/mol. The molecule has 154 valence electrons. The number of hydrogen-bond donors (Lipinski definition) is 2. The Hall–Kier alpha value is -1.88. The molecule has 1 saturated carbocycles. The van der Waals surface area contributed by atoms with Crippen LogP contribution >= 0.6 is 11.6 Å². The minimum atomic E-state index is -0.379. The van der Waals surface area contributed by atoms with E-state index in [0.29, 0.717) is 37.0 Å². The predicted octanol–water partition coefficient (Wildman–Crippen LogP) is 4.53. The van der Waals surface area contributed by atoms with Crippen LogP contribution in [0.5, 0.6) is 0 Å². The molecule has 4 rings (SSSR count). The Kier molecular flexibility index (Phi) is 6.23. The highest BCUT2D eigenvalue weighted by Gasteiger charge is 2.28. The van der Waals surface area contributed by atoms with Gasteiger partial charge in [0.25, 0.3) is 5.91 Å². The van der Waals surface area contributed by atoms with Crippen molar-refractivity contribution in [1.82, 2.24) is 10.2 Å². The second-order valence-electron chi connectivity index (χ2n) is 8.47. The van der Waals surface area contributed by atoms with Crippen LogP contribution in [0.25, 0.3) is 0 Å². The third kappa shape index (κ3) is 4.82. The van der Waals surface area contributed by atoms with Gasteiger partial charge in [-0.15, -0.1) is 0 Å². The van der Waals surface area contributed by atoms with Crippen molar-refractivity contribution in [2.75, 3.05) is 13.1 Å². The van der Waals surface area contributed by atoms with Gasteiger partial charge in [-0.05, 0) is 73.9 Å². The molecule has 2 aliphatic rings. The van der Waals surface area contributed by atoms with Gasteiger partial charge in [-0.1, -0.05) is 35.9 Å². The molecule has 0 radical (unpaired) electrons. The Morgan fingerprint density at radius 1 is 1.17 bits per heavy atom. The van der Waals surface area contributed by atoms with Crippen molar-refractivity contribution in [2.45, 2.75) is 56.7 Å². The summed E-state index contributed by atoms with van der Waals surface area (Å²) in [7, 11) is 0. The lowest BCUT2D eigenvalue weighted by molar-refractivity contribution is 0.0765. The Bertz CT molecular complexity index is 854. The lowest BCUT2D eigenvalue weighted by atomic mass is 9.96. The third-order valence-electron chi connectivity index (χ3n) is 6.35. The number of nitrogens with zero attached hydrogens (tertiary/aromatic N) is 1. The topological polar surface area (TPSA) is 52.6 Å². The van der Waals surface area contributed by atoms with Gasteiger partial charge >= 0.3 is 0 Å². The van der Waals surface area contributed by atoms with E-state index in [-0.39, 0.29) is 18.1 Å². The minimum Gasteiger partial charge on any atom is -0.391 e. The standard InChI is InChI=1S/C24H29ClN2O2/c1-16(19-3-2-4-21(25)13-19)26-22-10-9-20(14-22)17-5-7-18(8-6-17)24(29)27-12-11-23(28)15-27/h2-8,13,16,20,22-23,26,28H,9-12,14-15H2,1H3/t16-,20+,22?,23+/m1/s1. The third-order valence-corrected chi connectivity index (χ3v) is 6.58. The van der Waals surface area contributed by atoms with Gasteiger partial charge in [0.05, 0.1) is 6.10 Å². The van der Waals surface area contributed by atoms with E-state index in [0.717, 1.165) is 24.3 Å². The summed E-state index contributed by atoms with van der Waals surface area (Å²) in [5, 5.41) is 14.2. The van der Waals surface area contributed by atoms with Crippen molar-refractivity contribution in [2.24, 2.45) is 0 Å². The molecule has 2 aromatic carbocycles. The first-order valence-corrected chi connectivity index (χ1v) is 11.0. The van der Waals surface area contributed by atoms with Crippen LogP contribution < -0.4 is 5.32 Å². The van der Waals surface area contributed by atoms with E-state index in [1.807, 2.05) is 30.3 Å². The molecule has 4 nitrogen and oxygen atoms in total. The minimum absolute atomic E-state index is 0.0226. The number of hydrogen-bond acceptors (Lipinski definition) is 3. The van der Waals surface area contributed by atoms with Gasteiger partial charge in [0.15, 0.2) is 0 Å². The van der Waals surface area contributed by atoms with Crippen molar-refractivity contribution < 1.29 is 9.90 Å². The normalized spacial score (nSPS) is 25.3. The molecule has 0 bridgehead atoms. The number of rotatable bonds is 5. The molecule has 4 atom stereocenters. The number of aliphatic hydroxyl groups excluding tert-OH is 1. The van der Waals surface area contributed by atoms with E-state index < -0.39 is 0 Å². The Morgan fingerprint density at radius 2 is 1.97 bits per heavy atom. The van der Waals surface area contributed by atoms with Gasteiger partial charge in [0.2, 0.25) is 0 Å². The largest absolute Gasteiger partial charge is 0.391 e. The van der Waals surface area contributed by atoms with Crippen LogP contribution in [0.3, 0.4) is 0 Å². The van der Waals surface area contributed by atoms with Gasteiger partial charge in [0, 0.05) is 35.8 Å². The smallest absolute Gasteiger partial charge is 0.253 e. The average Bonchev–Trinajstić information content (AvgIpc) is 3.37. The van der Waals surface area contributed by atoms with Crippen molar-refractivity contribution in [3.05, 3.63) is 70.2 Å². The van der Waals surface area contributed by atoms with Gasteiger partial charge in [-0.2, -0.15) is 0 Å². The highest BCUT2D eigenvalue weighted by Crippen LogP contribution is 2.35. The zero-order valence-corrected chi connectivity index (χ0v) is 17.6. The van der Waals surface area contributed by atoms with Crippen molar-refractivity contribution >= 4 is 17.5 Å². The molecule has 0 spiro atoms. The van der Waals surface area contributed by atoms with Crippen LogP contribution in [0.1, 0.15) is 66.1 Å². The monoisotopic (exact) mass is 412 g/mol. The van der Waals surface area contributed by atoms with E-state index in [4.69, 9.17) is 11.6 Å². The summed E-state index contributed by atoms with van der Waals surface area (Å²) in [6.07, 6.45) is 3.72. The summed E-state index contributed by atoms with van der Waals surface area (Å²) in [4.78, 5) is 14.3. The molecule has 0 aromatic heterocycles. The van der Waals surface area contributed by atoms with E-state index in [2.05, 4.69) is 30.4 Å². The van der Waals surface area contributed by atoms with E-state index in [1.165, 1.54) is 11.1 Å². The number of carbonyl (C=O) groups excluding carboxylic acids is 1. The average molecular weight is 413 g/mol. The number of aliphatic hydroxyl groups is 1. The maximum atomic E-state index is 12.6. The number of β-amino-alcohol motifs (C(OH)–C–C–N with tert-alkyl or cyclic N) is 1. The summed E-state index contributed by atoms with van der Waals surface area (Å²) in [5.74, 6) is 0.547. The number of halogens is 1. The number of amides is 1. The van der Waals surface area contributed by atoms with Crippen LogP contribution in [0, 0.1) is 0 Å². The molecule has 1 aliphatic carbocycles. The lowest BCUT2D eigenvalue weighted by Gasteiger charge is -2.20. The quantitative estimate of drug-likeness (QED) is 0.758. The summed E-state index contributed by atoms with van der Waals surface area (Å²) in [6.45, 7) is 3.28. The molecular formula is C24H29ClN2O2. The molecule has 1 aliphatic heterocycles. The Labute approximate surface area is 177 Å². The summed E-state index contributed by atoms with van der Waals surface area (Å²) in [6, 6.07) is 16.9. The van der Waals surface area contributed by atoms with Crippen LogP contribution in [-0.2, 0) is 0 Å². The van der Waals surface area contributed by atoms with E-state index in [9.17, 15) is 9.90 Å². The molecule has 2 aromatic rings. The summed E-state index contributed by atoms with van der Waals surface area (Å²) >= 11 is 6.13. The molecule has 1 saturated heterocycles. The van der Waals surface area contributed by atoms with Crippen molar-refractivity contribution in [1.29, 1.82) is 0 Å². The maximum Gasteiger partial charge on any atom is 0.253 e. The number of nitrogens with one attached hydrogen (secondary N) is 1. The van der Waals surface area contributed by atoms with Gasteiger partial charge in [-0.3, -0.25) is 4.79 Å². The lowest BCUT2D eigenvalue weighted by Crippen LogP contribution is -2.29. The van der Waals surface area contributed by atoms with Crippen molar-refractivity contribution in [3.8, 4) is 0 Å². The summed E-state index contributed by atoms with van der Waals surface area (Å²) < 4.78 is 0. The second kappa shape index (κ2) is 8.86. The van der Waals surface area contributed by atoms with Crippen LogP contribution in [0.4, 0.5) is 0 Å².